The molecule has 250 valence electrons. The van der Waals surface area contributed by atoms with E-state index in [2.05, 4.69) is 30.4 Å². The number of ether oxygens (including phenoxy) is 2. The second-order valence-electron chi connectivity index (χ2n) is 11.2. The van der Waals surface area contributed by atoms with Gasteiger partial charge in [-0.25, -0.2) is 24.2 Å². The molecule has 13 nitrogen and oxygen atoms in total. The Bertz CT molecular complexity index is 1780. The van der Waals surface area contributed by atoms with E-state index in [1.54, 1.807) is 33.9 Å². The van der Waals surface area contributed by atoms with Gasteiger partial charge in [0.05, 0.1) is 47.0 Å². The molecule has 0 saturated carbocycles. The van der Waals surface area contributed by atoms with Gasteiger partial charge in [0, 0.05) is 39.1 Å². The van der Waals surface area contributed by atoms with Crippen LogP contribution in [0.4, 0.5) is 29.3 Å². The Kier molecular flexibility index (Phi) is 10.1. The topological polar surface area (TPSA) is 146 Å². The van der Waals surface area contributed by atoms with Gasteiger partial charge in [0.25, 0.3) is 5.91 Å². The Balaban J connectivity index is 1.50. The van der Waals surface area contributed by atoms with Crippen molar-refractivity contribution < 1.29 is 37.0 Å². The highest BCUT2D eigenvalue weighted by molar-refractivity contribution is 6.34. The number of carbonyl (C=O) groups is 3. The number of hydrogen-bond acceptors (Lipinski definition) is 9. The summed E-state index contributed by atoms with van der Waals surface area (Å²) in [4.78, 5) is 46.6. The number of nitrogens with one attached hydrogen (secondary N) is 2. The third kappa shape index (κ3) is 8.38. The van der Waals surface area contributed by atoms with Crippen molar-refractivity contribution in [2.75, 3.05) is 37.9 Å². The number of aromatic nitrogens is 5. The second kappa shape index (κ2) is 13.7. The maximum atomic E-state index is 14.1. The third-order valence-corrected chi connectivity index (χ3v) is 6.86. The Morgan fingerprint density at radius 2 is 1.74 bits per heavy atom. The van der Waals surface area contributed by atoms with Crippen molar-refractivity contribution in [2.24, 2.45) is 7.05 Å². The molecule has 0 radical (unpaired) electrons. The van der Waals surface area contributed by atoms with Crippen LogP contribution in [0.3, 0.4) is 0 Å². The van der Waals surface area contributed by atoms with Crippen LogP contribution >= 0.6 is 11.6 Å². The number of methoxy groups -OCH3 is 1. The van der Waals surface area contributed by atoms with Gasteiger partial charge in [0.2, 0.25) is 0 Å². The van der Waals surface area contributed by atoms with E-state index in [1.807, 2.05) is 0 Å². The average Bonchev–Trinajstić information content (AvgIpc) is 3.60. The van der Waals surface area contributed by atoms with Crippen molar-refractivity contribution in [1.29, 1.82) is 0 Å². The smallest absolute Gasteiger partial charge is 0.435 e. The molecule has 3 heterocycles. The van der Waals surface area contributed by atoms with E-state index in [0.717, 1.165) is 17.1 Å². The molecule has 2 amide bonds. The van der Waals surface area contributed by atoms with Crippen molar-refractivity contribution in [3.05, 3.63) is 71.0 Å². The van der Waals surface area contributed by atoms with E-state index < -0.39 is 35.4 Å². The number of carbonyl (C=O) groups excluding carboxylic acids is 3. The van der Waals surface area contributed by atoms with E-state index in [1.165, 1.54) is 54.1 Å². The van der Waals surface area contributed by atoms with Gasteiger partial charge in [-0.05, 0) is 51.1 Å². The van der Waals surface area contributed by atoms with Crippen LogP contribution in [0.2, 0.25) is 5.02 Å². The molecule has 4 rings (SSSR count). The van der Waals surface area contributed by atoms with Crippen molar-refractivity contribution in [1.82, 2.24) is 29.2 Å². The molecule has 3 aromatic heterocycles. The number of alkyl halides is 3. The number of benzene rings is 1. The number of likely N-dealkylation sites (N-methyl/N-ethyl adjacent to an activating group) is 1. The number of nitrogens with zero attached hydrogens (tertiary/aromatic N) is 6. The van der Waals surface area contributed by atoms with Gasteiger partial charge in [-0.2, -0.15) is 18.3 Å². The van der Waals surface area contributed by atoms with Gasteiger partial charge < -0.3 is 29.6 Å². The summed E-state index contributed by atoms with van der Waals surface area (Å²) in [5.41, 5.74) is -1.30. The minimum atomic E-state index is -4.84. The van der Waals surface area contributed by atoms with Crippen LogP contribution < -0.4 is 10.6 Å². The molecular formula is C30H32ClF3N8O5. The first kappa shape index (κ1) is 34.7. The summed E-state index contributed by atoms with van der Waals surface area (Å²) >= 11 is 6.12. The summed E-state index contributed by atoms with van der Waals surface area (Å²) in [6.45, 7) is 6.00. The second-order valence-corrected chi connectivity index (χ2v) is 11.6. The fourth-order valence-electron chi connectivity index (χ4n) is 4.24. The standard InChI is InChI=1S/C30H32ClF3N8O5/c1-29(2,3)47-28(45)40(4)12-11-35-18-8-10-23(36-14-18)42-16-20(24(39-42)30(32,33)34)22-15-37-25(41(22)5)26(43)38-17-7-9-19(21(31)13-17)27(44)46-6/h7-10,13-16,35H,11-12H2,1-6H3,(H,38,43). The summed E-state index contributed by atoms with van der Waals surface area (Å²) in [5, 5.41) is 9.43. The fourth-order valence-corrected chi connectivity index (χ4v) is 4.50. The zero-order chi connectivity index (χ0) is 34.7. The SMILES string of the molecule is COC(=O)c1ccc(NC(=O)c2ncc(-c3cn(-c4ccc(NCCN(C)C(=O)OC(C)(C)C)cn4)nc3C(F)(F)F)n2C)cc1Cl. The predicted molar refractivity (Wildman–Crippen MR) is 167 cm³/mol. The number of amides is 2. The van der Waals surface area contributed by atoms with Crippen molar-refractivity contribution >= 4 is 40.9 Å². The van der Waals surface area contributed by atoms with Gasteiger partial charge in [-0.15, -0.1) is 0 Å². The summed E-state index contributed by atoms with van der Waals surface area (Å²) in [6, 6.07) is 7.20. The summed E-state index contributed by atoms with van der Waals surface area (Å²) in [6.07, 6.45) is -1.60. The third-order valence-electron chi connectivity index (χ3n) is 6.55. The summed E-state index contributed by atoms with van der Waals surface area (Å²) < 4.78 is 54.5. The Hall–Kier alpha value is -5.12. The highest BCUT2D eigenvalue weighted by Crippen LogP contribution is 2.37. The normalized spacial score (nSPS) is 11.6. The molecule has 4 aromatic rings. The number of rotatable bonds is 9. The Morgan fingerprint density at radius 3 is 2.34 bits per heavy atom. The molecule has 0 bridgehead atoms. The first-order chi connectivity index (χ1) is 22.0. The van der Waals surface area contributed by atoms with E-state index >= 15 is 0 Å². The van der Waals surface area contributed by atoms with Crippen LogP contribution in [0, 0.1) is 0 Å². The molecule has 0 atom stereocenters. The van der Waals surface area contributed by atoms with Crippen molar-refractivity contribution in [3.8, 4) is 17.1 Å². The number of esters is 1. The highest BCUT2D eigenvalue weighted by atomic mass is 35.5. The van der Waals surface area contributed by atoms with Crippen LogP contribution in [-0.4, -0.2) is 80.0 Å². The molecule has 0 aliphatic carbocycles. The van der Waals surface area contributed by atoms with E-state index in [4.69, 9.17) is 16.3 Å². The molecule has 17 heteroatoms. The number of pyridine rings is 1. The monoisotopic (exact) mass is 676 g/mol. The molecule has 0 spiro atoms. The lowest BCUT2D eigenvalue weighted by Gasteiger charge is -2.24. The van der Waals surface area contributed by atoms with E-state index in [0.29, 0.717) is 18.8 Å². The quantitative estimate of drug-likeness (QED) is 0.215. The van der Waals surface area contributed by atoms with Crippen LogP contribution in [0.5, 0.6) is 0 Å². The van der Waals surface area contributed by atoms with Gasteiger partial charge in [-0.1, -0.05) is 11.6 Å². The lowest BCUT2D eigenvalue weighted by Crippen LogP contribution is -2.36. The molecule has 0 fully saturated rings. The molecule has 0 unspecified atom stereocenters. The number of halogens is 4. The van der Waals surface area contributed by atoms with E-state index in [-0.39, 0.29) is 39.2 Å². The largest absolute Gasteiger partial charge is 0.465 e. The highest BCUT2D eigenvalue weighted by Gasteiger charge is 2.39. The molecule has 47 heavy (non-hydrogen) atoms. The molecule has 2 N–H and O–H groups in total. The number of hydrogen-bond donors (Lipinski definition) is 2. The molecule has 0 aliphatic rings. The maximum absolute atomic E-state index is 14.1. The van der Waals surface area contributed by atoms with Gasteiger partial charge in [0.15, 0.2) is 17.3 Å². The summed E-state index contributed by atoms with van der Waals surface area (Å²) in [5.74, 6) is -1.49. The Labute approximate surface area is 272 Å². The van der Waals surface area contributed by atoms with Gasteiger partial charge in [-0.3, -0.25) is 4.79 Å². The van der Waals surface area contributed by atoms with Crippen LogP contribution in [0.25, 0.3) is 17.1 Å². The van der Waals surface area contributed by atoms with Crippen LogP contribution in [0.15, 0.2) is 48.9 Å². The Morgan fingerprint density at radius 1 is 1.04 bits per heavy atom. The zero-order valence-corrected chi connectivity index (χ0v) is 27.0. The van der Waals surface area contributed by atoms with Crippen molar-refractivity contribution in [3.63, 3.8) is 0 Å². The maximum Gasteiger partial charge on any atom is 0.435 e. The molecule has 0 aliphatic heterocycles. The summed E-state index contributed by atoms with van der Waals surface area (Å²) in [7, 11) is 4.19. The van der Waals surface area contributed by atoms with Crippen LogP contribution in [0.1, 0.15) is 47.4 Å². The predicted octanol–water partition coefficient (Wildman–Crippen LogP) is 5.66. The molecule has 1 aromatic carbocycles. The number of imidazole rings is 1. The zero-order valence-electron chi connectivity index (χ0n) is 26.3. The van der Waals surface area contributed by atoms with Crippen molar-refractivity contribution in [2.45, 2.75) is 32.5 Å². The first-order valence-electron chi connectivity index (χ1n) is 14.0. The first-order valence-corrected chi connectivity index (χ1v) is 14.4. The van der Waals surface area contributed by atoms with Gasteiger partial charge in [0.1, 0.15) is 5.60 Å². The number of anilines is 2. The minimum Gasteiger partial charge on any atom is -0.465 e. The molecule has 0 saturated heterocycles. The lowest BCUT2D eigenvalue weighted by molar-refractivity contribution is -0.140. The lowest BCUT2D eigenvalue weighted by atomic mass is 10.2. The van der Waals surface area contributed by atoms with Crippen LogP contribution in [-0.2, 0) is 22.7 Å². The van der Waals surface area contributed by atoms with Gasteiger partial charge >= 0.3 is 18.2 Å². The van der Waals surface area contributed by atoms with E-state index in [9.17, 15) is 27.6 Å². The minimum absolute atomic E-state index is 0.0276. The average molecular weight is 677 g/mol. The molecular weight excluding hydrogens is 645 g/mol. The fraction of sp³-hybridized carbons (Fsp3) is 0.333.